The number of hydrogen-bond acceptors (Lipinski definition) is 7. The molecule has 69 heavy (non-hydrogen) atoms. The molecule has 0 aliphatic carbocycles. The van der Waals surface area contributed by atoms with Crippen molar-refractivity contribution in [2.24, 2.45) is 0 Å². The molecule has 0 heterocycles. The summed E-state index contributed by atoms with van der Waals surface area (Å²) >= 11 is 0. The van der Waals surface area contributed by atoms with Crippen molar-refractivity contribution in [3.05, 3.63) is 122 Å². The van der Waals surface area contributed by atoms with Gasteiger partial charge in [0, 0.05) is 19.3 Å². The number of ether oxygens (including phenoxy) is 3. The van der Waals surface area contributed by atoms with Crippen LogP contribution in [0.1, 0.15) is 194 Å². The molecule has 0 spiro atoms. The van der Waals surface area contributed by atoms with Crippen LogP contribution in [-0.4, -0.2) is 75.5 Å². The summed E-state index contributed by atoms with van der Waals surface area (Å²) in [6, 6.07) is -0.739. The molecule has 0 aliphatic rings. The zero-order valence-electron chi connectivity index (χ0n) is 44.4. The lowest BCUT2D eigenvalue weighted by atomic mass is 10.1. The third-order valence-corrected chi connectivity index (χ3v) is 11.3. The quantitative estimate of drug-likeness (QED) is 0.0259. The number of aliphatic carboxylic acids is 1. The van der Waals surface area contributed by atoms with E-state index in [4.69, 9.17) is 14.2 Å². The number of likely N-dealkylation sites (N-methyl/N-ethyl adjacent to an activating group) is 1. The molecule has 0 amide bonds. The van der Waals surface area contributed by atoms with Crippen molar-refractivity contribution in [2.45, 2.75) is 206 Å². The summed E-state index contributed by atoms with van der Waals surface area (Å²) < 4.78 is 17.2. The van der Waals surface area contributed by atoms with Gasteiger partial charge in [0.2, 0.25) is 0 Å². The van der Waals surface area contributed by atoms with Gasteiger partial charge in [0.1, 0.15) is 12.6 Å². The molecule has 8 heteroatoms. The molecular formula is C61H99NO7. The average Bonchev–Trinajstić information content (AvgIpc) is 3.31. The SMILES string of the molecule is CC/C=C/C/C=C/C/C=C/C/C=C/C/C=C/CCCCCCCCCC(=O)OCC(COCCC(C(=O)[O-])[N+](C)(C)C)OC(=O)CCCCCCCC/C=C/C/C=C/C/C=C/C/C=C/C/C=C/CC. The Hall–Kier alpha value is -4.27. The predicted octanol–water partition coefficient (Wildman–Crippen LogP) is 14.8. The van der Waals surface area contributed by atoms with Gasteiger partial charge < -0.3 is 28.6 Å². The van der Waals surface area contributed by atoms with Crippen LogP contribution < -0.4 is 5.11 Å². The maximum absolute atomic E-state index is 12.8. The fraction of sp³-hybridized carbons (Fsp3) is 0.623. The topological polar surface area (TPSA) is 102 Å². The Labute approximate surface area is 422 Å². The Balaban J connectivity index is 4.30. The number of esters is 2. The van der Waals surface area contributed by atoms with E-state index >= 15 is 0 Å². The summed E-state index contributed by atoms with van der Waals surface area (Å²) in [5.74, 6) is -1.78. The van der Waals surface area contributed by atoms with Crippen molar-refractivity contribution in [1.82, 2.24) is 0 Å². The second-order valence-electron chi connectivity index (χ2n) is 18.7. The first kappa shape index (κ1) is 64.7. The lowest BCUT2D eigenvalue weighted by Crippen LogP contribution is -2.55. The lowest BCUT2D eigenvalue weighted by molar-refractivity contribution is -0.889. The standard InChI is InChI=1S/C61H99NO7/c1-6-8-10-12-14-16-18-20-22-24-26-28-30-32-33-35-37-39-41-43-45-47-49-51-59(63)68-56-57(55-67-54-53-58(61(65)66)62(3,4)5)69-60(64)52-50-48-46-44-42-40-38-36-34-31-29-27-25-23-21-19-17-15-13-11-9-7-2/h8-11,14-17,20-23,26-29,32-34,36,57-58H,6-7,12-13,18-19,24-25,30-31,35,37-56H2,1-5H3/b10-8+,11-9+,16-14+,17-15+,22-20+,23-21+,28-26+,29-27+,33-32+,36-34+. The van der Waals surface area contributed by atoms with Crippen LogP contribution in [0.5, 0.6) is 0 Å². The number of carbonyl (C=O) groups is 3. The van der Waals surface area contributed by atoms with Crippen molar-refractivity contribution >= 4 is 17.9 Å². The summed E-state index contributed by atoms with van der Waals surface area (Å²) in [6.07, 6.45) is 70.8. The van der Waals surface area contributed by atoms with Gasteiger partial charge in [0.25, 0.3) is 0 Å². The lowest BCUT2D eigenvalue weighted by Gasteiger charge is -2.34. The van der Waals surface area contributed by atoms with Crippen LogP contribution in [-0.2, 0) is 28.6 Å². The Morgan fingerprint density at radius 1 is 0.435 bits per heavy atom. The van der Waals surface area contributed by atoms with Crippen LogP contribution in [0.15, 0.2) is 122 Å². The van der Waals surface area contributed by atoms with Crippen molar-refractivity contribution in [3.8, 4) is 0 Å². The van der Waals surface area contributed by atoms with E-state index < -0.39 is 18.1 Å². The first-order chi connectivity index (χ1) is 33.6. The van der Waals surface area contributed by atoms with E-state index in [1.54, 1.807) is 21.1 Å². The fourth-order valence-corrected chi connectivity index (χ4v) is 7.24. The van der Waals surface area contributed by atoms with Gasteiger partial charge in [-0.05, 0) is 103 Å². The van der Waals surface area contributed by atoms with Crippen LogP contribution in [0.2, 0.25) is 0 Å². The molecule has 0 aliphatic heterocycles. The van der Waals surface area contributed by atoms with Gasteiger partial charge in [0.15, 0.2) is 6.10 Å². The average molecular weight is 958 g/mol. The summed E-state index contributed by atoms with van der Waals surface area (Å²) in [5, 5.41) is 11.7. The fourth-order valence-electron chi connectivity index (χ4n) is 7.24. The largest absolute Gasteiger partial charge is 0.544 e. The van der Waals surface area contributed by atoms with Gasteiger partial charge in [-0.2, -0.15) is 0 Å². The molecule has 0 radical (unpaired) electrons. The highest BCUT2D eigenvalue weighted by Crippen LogP contribution is 2.14. The van der Waals surface area contributed by atoms with E-state index in [0.717, 1.165) is 128 Å². The van der Waals surface area contributed by atoms with E-state index in [1.165, 1.54) is 32.1 Å². The molecule has 0 aromatic carbocycles. The predicted molar refractivity (Wildman–Crippen MR) is 291 cm³/mol. The molecule has 2 atom stereocenters. The molecule has 0 rings (SSSR count). The van der Waals surface area contributed by atoms with Crippen LogP contribution in [0.4, 0.5) is 0 Å². The molecule has 0 aromatic heterocycles. The van der Waals surface area contributed by atoms with E-state index in [2.05, 4.69) is 135 Å². The van der Waals surface area contributed by atoms with Gasteiger partial charge in [-0.1, -0.05) is 193 Å². The number of carboxylic acid groups (broad SMARTS) is 1. The minimum atomic E-state index is -1.13. The van der Waals surface area contributed by atoms with Gasteiger partial charge in [-0.3, -0.25) is 9.59 Å². The number of unbranched alkanes of at least 4 members (excludes halogenated alkanes) is 13. The monoisotopic (exact) mass is 958 g/mol. The summed E-state index contributed by atoms with van der Waals surface area (Å²) in [5.41, 5.74) is 0. The molecule has 0 fully saturated rings. The smallest absolute Gasteiger partial charge is 0.306 e. The molecule has 0 saturated carbocycles. The highest BCUT2D eigenvalue weighted by molar-refractivity contribution is 5.70. The van der Waals surface area contributed by atoms with E-state index in [0.29, 0.717) is 12.8 Å². The van der Waals surface area contributed by atoms with Gasteiger partial charge in [-0.25, -0.2) is 0 Å². The van der Waals surface area contributed by atoms with Crippen molar-refractivity contribution in [2.75, 3.05) is 41.0 Å². The molecule has 2 unspecified atom stereocenters. The second kappa shape index (κ2) is 50.1. The Morgan fingerprint density at radius 3 is 1.13 bits per heavy atom. The van der Waals surface area contributed by atoms with Crippen molar-refractivity contribution < 1.29 is 38.2 Å². The normalized spacial score (nSPS) is 13.8. The molecule has 8 nitrogen and oxygen atoms in total. The Bertz CT molecular complexity index is 1540. The molecule has 0 aromatic rings. The third kappa shape index (κ3) is 48.5. The zero-order valence-corrected chi connectivity index (χ0v) is 44.4. The van der Waals surface area contributed by atoms with Gasteiger partial charge in [0.05, 0.1) is 40.3 Å². The van der Waals surface area contributed by atoms with Crippen molar-refractivity contribution in [1.29, 1.82) is 0 Å². The summed E-state index contributed by atoms with van der Waals surface area (Å²) in [7, 11) is 5.40. The first-order valence-corrected chi connectivity index (χ1v) is 27.1. The van der Waals surface area contributed by atoms with Crippen molar-refractivity contribution in [3.63, 3.8) is 0 Å². The number of carbonyl (C=O) groups excluding carboxylic acids is 3. The highest BCUT2D eigenvalue weighted by Gasteiger charge is 2.25. The summed E-state index contributed by atoms with van der Waals surface area (Å²) in [4.78, 5) is 37.1. The number of allylic oxidation sites excluding steroid dienone is 20. The van der Waals surface area contributed by atoms with Crippen LogP contribution in [0.3, 0.4) is 0 Å². The third-order valence-electron chi connectivity index (χ3n) is 11.3. The number of nitrogens with zero attached hydrogens (tertiary/aromatic N) is 1. The minimum absolute atomic E-state index is 0.0227. The number of hydrogen-bond donors (Lipinski definition) is 0. The Kier molecular flexibility index (Phi) is 47.0. The minimum Gasteiger partial charge on any atom is -0.544 e. The van der Waals surface area contributed by atoms with Crippen LogP contribution in [0, 0.1) is 0 Å². The number of quaternary nitrogens is 1. The summed E-state index contributed by atoms with van der Waals surface area (Å²) in [6.45, 7) is 4.40. The first-order valence-electron chi connectivity index (χ1n) is 27.1. The maximum atomic E-state index is 12.8. The van der Waals surface area contributed by atoms with Crippen LogP contribution >= 0.6 is 0 Å². The maximum Gasteiger partial charge on any atom is 0.306 e. The zero-order chi connectivity index (χ0) is 50.6. The van der Waals surface area contributed by atoms with Gasteiger partial charge in [-0.15, -0.1) is 0 Å². The van der Waals surface area contributed by atoms with Gasteiger partial charge >= 0.3 is 11.9 Å². The Morgan fingerprint density at radius 2 is 0.768 bits per heavy atom. The van der Waals surface area contributed by atoms with Crippen LogP contribution in [0.25, 0.3) is 0 Å². The molecule has 390 valence electrons. The molecule has 0 bridgehead atoms. The highest BCUT2D eigenvalue weighted by atomic mass is 16.6. The molecule has 0 N–H and O–H groups in total. The van der Waals surface area contributed by atoms with E-state index in [1.807, 2.05) is 0 Å². The molecular weight excluding hydrogens is 859 g/mol. The molecule has 0 saturated heterocycles. The van der Waals surface area contributed by atoms with E-state index in [9.17, 15) is 19.5 Å². The number of carboxylic acids is 1. The van der Waals surface area contributed by atoms with E-state index in [-0.39, 0.29) is 42.7 Å². The second-order valence-corrected chi connectivity index (χ2v) is 18.7. The number of rotatable bonds is 47.